The van der Waals surface area contributed by atoms with Gasteiger partial charge < -0.3 is 10.6 Å². The van der Waals surface area contributed by atoms with Crippen molar-refractivity contribution < 1.29 is 0 Å². The second-order valence-corrected chi connectivity index (χ2v) is 6.91. The highest BCUT2D eigenvalue weighted by Gasteiger charge is 2.23. The molecule has 1 saturated heterocycles. The Balaban J connectivity index is 1.97. The third kappa shape index (κ3) is 3.34. The first-order valence-corrected chi connectivity index (χ1v) is 7.46. The number of nitrogens with one attached hydrogen (secondary N) is 2. The lowest BCUT2D eigenvalue weighted by molar-refractivity contribution is 0.319. The van der Waals surface area contributed by atoms with Crippen molar-refractivity contribution in [3.8, 4) is 0 Å². The van der Waals surface area contributed by atoms with Crippen LogP contribution in [0.5, 0.6) is 0 Å². The van der Waals surface area contributed by atoms with Crippen molar-refractivity contribution in [2.24, 2.45) is 5.92 Å². The van der Waals surface area contributed by atoms with Gasteiger partial charge in [0, 0.05) is 36.1 Å². The normalized spacial score (nSPS) is 16.7. The summed E-state index contributed by atoms with van der Waals surface area (Å²) >= 11 is 3.57. The van der Waals surface area contributed by atoms with Crippen molar-refractivity contribution in [2.75, 3.05) is 26.2 Å². The van der Waals surface area contributed by atoms with Gasteiger partial charge in [-0.2, -0.15) is 0 Å². The zero-order chi connectivity index (χ0) is 13.2. The molecule has 18 heavy (non-hydrogen) atoms. The van der Waals surface area contributed by atoms with Crippen LogP contribution in [0, 0.1) is 12.8 Å². The zero-order valence-electron chi connectivity index (χ0n) is 11.5. The van der Waals surface area contributed by atoms with E-state index < -0.39 is 0 Å². The van der Waals surface area contributed by atoms with Gasteiger partial charge in [-0.1, -0.05) is 35.8 Å². The minimum Gasteiger partial charge on any atom is -0.316 e. The average Bonchev–Trinajstić information content (AvgIpc) is 2.25. The summed E-state index contributed by atoms with van der Waals surface area (Å²) in [6.07, 6.45) is 0. The maximum Gasteiger partial charge on any atom is 0.0178 e. The molecule has 1 fully saturated rings. The molecule has 0 unspecified atom stereocenters. The standard InChI is InChI=1S/C15H23BrN2/c1-11-4-5-13(16)6-14(11)15(2,3)10-18-9-12-7-17-8-12/h4-6,12,17-18H,7-10H2,1-3H3. The summed E-state index contributed by atoms with van der Waals surface area (Å²) in [4.78, 5) is 0. The van der Waals surface area contributed by atoms with Gasteiger partial charge in [0.1, 0.15) is 0 Å². The van der Waals surface area contributed by atoms with E-state index in [1.807, 2.05) is 0 Å². The highest BCUT2D eigenvalue weighted by Crippen LogP contribution is 2.28. The van der Waals surface area contributed by atoms with Gasteiger partial charge in [0.15, 0.2) is 0 Å². The quantitative estimate of drug-likeness (QED) is 0.874. The summed E-state index contributed by atoms with van der Waals surface area (Å²) in [6, 6.07) is 6.56. The van der Waals surface area contributed by atoms with E-state index in [-0.39, 0.29) is 5.41 Å². The van der Waals surface area contributed by atoms with Gasteiger partial charge in [-0.15, -0.1) is 0 Å². The van der Waals surface area contributed by atoms with Gasteiger partial charge in [-0.05, 0) is 36.1 Å². The van der Waals surface area contributed by atoms with Crippen LogP contribution in [0.1, 0.15) is 25.0 Å². The molecule has 0 atom stereocenters. The molecule has 1 heterocycles. The number of halogens is 1. The second-order valence-electron chi connectivity index (χ2n) is 6.00. The molecule has 1 aliphatic heterocycles. The van der Waals surface area contributed by atoms with Gasteiger partial charge in [0.05, 0.1) is 0 Å². The summed E-state index contributed by atoms with van der Waals surface area (Å²) in [5, 5.41) is 6.93. The minimum absolute atomic E-state index is 0.172. The molecule has 100 valence electrons. The van der Waals surface area contributed by atoms with E-state index in [1.165, 1.54) is 28.7 Å². The molecule has 3 heteroatoms. The third-order valence-electron chi connectivity index (χ3n) is 3.79. The van der Waals surface area contributed by atoms with Gasteiger partial charge >= 0.3 is 0 Å². The van der Waals surface area contributed by atoms with E-state index in [4.69, 9.17) is 0 Å². The largest absolute Gasteiger partial charge is 0.316 e. The third-order valence-corrected chi connectivity index (χ3v) is 4.29. The van der Waals surface area contributed by atoms with Crippen molar-refractivity contribution in [2.45, 2.75) is 26.2 Å². The molecular weight excluding hydrogens is 288 g/mol. The van der Waals surface area contributed by atoms with Crippen LogP contribution in [0.4, 0.5) is 0 Å². The first-order valence-electron chi connectivity index (χ1n) is 6.67. The molecule has 1 aromatic carbocycles. The summed E-state index contributed by atoms with van der Waals surface area (Å²) in [5.41, 5.74) is 2.97. The summed E-state index contributed by atoms with van der Waals surface area (Å²) < 4.78 is 1.17. The highest BCUT2D eigenvalue weighted by atomic mass is 79.9. The van der Waals surface area contributed by atoms with E-state index >= 15 is 0 Å². The summed E-state index contributed by atoms with van der Waals surface area (Å²) in [7, 11) is 0. The molecule has 1 aliphatic rings. The Morgan fingerprint density at radius 2 is 2.11 bits per heavy atom. The Hall–Kier alpha value is -0.380. The van der Waals surface area contributed by atoms with Gasteiger partial charge in [0.2, 0.25) is 0 Å². The molecule has 2 N–H and O–H groups in total. The molecule has 0 radical (unpaired) electrons. The van der Waals surface area contributed by atoms with E-state index in [0.29, 0.717) is 0 Å². The first kappa shape index (κ1) is 14.0. The lowest BCUT2D eigenvalue weighted by Gasteiger charge is -2.31. The second kappa shape index (κ2) is 5.72. The maximum absolute atomic E-state index is 3.62. The Labute approximate surface area is 119 Å². The molecule has 2 rings (SSSR count). The summed E-state index contributed by atoms with van der Waals surface area (Å²) in [6.45, 7) is 11.3. The predicted molar refractivity (Wildman–Crippen MR) is 81.1 cm³/mol. The van der Waals surface area contributed by atoms with Crippen molar-refractivity contribution >= 4 is 15.9 Å². The first-order chi connectivity index (χ1) is 8.49. The van der Waals surface area contributed by atoms with E-state index in [9.17, 15) is 0 Å². The molecular formula is C15H23BrN2. The Morgan fingerprint density at radius 1 is 1.39 bits per heavy atom. The predicted octanol–water partition coefficient (Wildman–Crippen LogP) is 2.84. The van der Waals surface area contributed by atoms with Crippen LogP contribution in [-0.2, 0) is 5.41 Å². The van der Waals surface area contributed by atoms with Crippen molar-refractivity contribution in [3.63, 3.8) is 0 Å². The highest BCUT2D eigenvalue weighted by molar-refractivity contribution is 9.10. The Morgan fingerprint density at radius 3 is 2.72 bits per heavy atom. The van der Waals surface area contributed by atoms with E-state index in [0.717, 1.165) is 19.0 Å². The van der Waals surface area contributed by atoms with Crippen LogP contribution in [0.3, 0.4) is 0 Å². The minimum atomic E-state index is 0.172. The van der Waals surface area contributed by atoms with Crippen LogP contribution in [-0.4, -0.2) is 26.2 Å². The molecule has 0 saturated carbocycles. The van der Waals surface area contributed by atoms with Crippen molar-refractivity contribution in [3.05, 3.63) is 33.8 Å². The summed E-state index contributed by atoms with van der Waals surface area (Å²) in [5.74, 6) is 0.824. The fourth-order valence-electron chi connectivity index (χ4n) is 2.50. The van der Waals surface area contributed by atoms with Crippen LogP contribution in [0.2, 0.25) is 0 Å². The SMILES string of the molecule is Cc1ccc(Br)cc1C(C)(C)CNCC1CNC1. The van der Waals surface area contributed by atoms with Crippen molar-refractivity contribution in [1.29, 1.82) is 0 Å². The van der Waals surface area contributed by atoms with E-state index in [2.05, 4.69) is 65.5 Å². The molecule has 0 bridgehead atoms. The van der Waals surface area contributed by atoms with Gasteiger partial charge in [-0.3, -0.25) is 0 Å². The Kier molecular flexibility index (Phi) is 4.46. The van der Waals surface area contributed by atoms with Crippen LogP contribution in [0.25, 0.3) is 0 Å². The number of hydrogen-bond acceptors (Lipinski definition) is 2. The molecule has 2 nitrogen and oxygen atoms in total. The number of aryl methyl sites for hydroxylation is 1. The van der Waals surface area contributed by atoms with Crippen LogP contribution in [0.15, 0.2) is 22.7 Å². The maximum atomic E-state index is 3.62. The zero-order valence-corrected chi connectivity index (χ0v) is 13.1. The lowest BCUT2D eigenvalue weighted by atomic mass is 9.82. The van der Waals surface area contributed by atoms with Crippen LogP contribution >= 0.6 is 15.9 Å². The van der Waals surface area contributed by atoms with E-state index in [1.54, 1.807) is 0 Å². The molecule has 0 spiro atoms. The fraction of sp³-hybridized carbons (Fsp3) is 0.600. The lowest BCUT2D eigenvalue weighted by Crippen LogP contribution is -2.48. The fourth-order valence-corrected chi connectivity index (χ4v) is 2.86. The monoisotopic (exact) mass is 310 g/mol. The van der Waals surface area contributed by atoms with Gasteiger partial charge in [0.25, 0.3) is 0 Å². The molecule has 1 aromatic rings. The van der Waals surface area contributed by atoms with Crippen molar-refractivity contribution in [1.82, 2.24) is 10.6 Å². The smallest absolute Gasteiger partial charge is 0.0178 e. The molecule has 0 aromatic heterocycles. The number of benzene rings is 1. The van der Waals surface area contributed by atoms with Crippen LogP contribution < -0.4 is 10.6 Å². The number of hydrogen-bond donors (Lipinski definition) is 2. The molecule has 0 aliphatic carbocycles. The Bertz CT molecular complexity index is 411. The number of rotatable bonds is 5. The molecule has 0 amide bonds. The average molecular weight is 311 g/mol. The topological polar surface area (TPSA) is 24.1 Å². The van der Waals surface area contributed by atoms with Gasteiger partial charge in [-0.25, -0.2) is 0 Å².